The molecular weight excluding hydrogens is 262 g/mol. The van der Waals surface area contributed by atoms with Crippen molar-refractivity contribution in [3.05, 3.63) is 47.6 Å². The van der Waals surface area contributed by atoms with E-state index in [4.69, 9.17) is 11.6 Å². The van der Waals surface area contributed by atoms with Crippen LogP contribution in [0.4, 0.5) is 0 Å². The first-order valence-corrected chi connectivity index (χ1v) is 6.44. The molecule has 0 saturated heterocycles. The molecule has 1 unspecified atom stereocenters. The predicted molar refractivity (Wildman–Crippen MR) is 73.0 cm³/mol. The zero-order chi connectivity index (χ0) is 13.2. The van der Waals surface area contributed by atoms with Gasteiger partial charge in [-0.3, -0.25) is 4.98 Å². The van der Waals surface area contributed by atoms with E-state index in [2.05, 4.69) is 27.0 Å². The van der Waals surface area contributed by atoms with Gasteiger partial charge in [0.25, 0.3) is 0 Å². The van der Waals surface area contributed by atoms with Gasteiger partial charge in [-0.15, -0.1) is 0 Å². The number of hydrogen-bond acceptors (Lipinski definition) is 4. The van der Waals surface area contributed by atoms with Crippen LogP contribution in [0, 0.1) is 0 Å². The largest absolute Gasteiger partial charge is 0.259 e. The first-order chi connectivity index (χ1) is 9.29. The molecule has 3 aromatic rings. The molecule has 0 amide bonds. The maximum Gasteiger partial charge on any atom is 0.178 e. The number of fused-ring (bicyclic) bond motifs is 1. The van der Waals surface area contributed by atoms with Crippen LogP contribution in [0.3, 0.4) is 0 Å². The number of hydrogen-bond donors (Lipinski definition) is 0. The second-order valence-corrected chi connectivity index (χ2v) is 4.56. The summed E-state index contributed by atoms with van der Waals surface area (Å²) in [6.07, 6.45) is 5.87. The Labute approximate surface area is 115 Å². The SMILES string of the molecule is CCC(c1ccccn1)n1ncc2ncc(Cl)nc21. The first kappa shape index (κ1) is 12.0. The fraction of sp³-hybridized carbons (Fsp3) is 0.231. The summed E-state index contributed by atoms with van der Waals surface area (Å²) in [6, 6.07) is 5.88. The maximum absolute atomic E-state index is 5.91. The van der Waals surface area contributed by atoms with Crippen molar-refractivity contribution in [1.82, 2.24) is 24.7 Å². The maximum atomic E-state index is 5.91. The van der Waals surface area contributed by atoms with E-state index >= 15 is 0 Å². The molecule has 3 heterocycles. The summed E-state index contributed by atoms with van der Waals surface area (Å²) >= 11 is 5.91. The molecule has 0 saturated carbocycles. The highest BCUT2D eigenvalue weighted by atomic mass is 35.5. The highest BCUT2D eigenvalue weighted by Crippen LogP contribution is 2.23. The molecule has 0 aromatic carbocycles. The van der Waals surface area contributed by atoms with E-state index in [1.54, 1.807) is 12.4 Å². The van der Waals surface area contributed by atoms with Crippen molar-refractivity contribution in [2.75, 3.05) is 0 Å². The van der Waals surface area contributed by atoms with Gasteiger partial charge in [-0.25, -0.2) is 14.6 Å². The number of nitrogens with zero attached hydrogens (tertiary/aromatic N) is 5. The van der Waals surface area contributed by atoms with Crippen LogP contribution in [-0.4, -0.2) is 24.7 Å². The van der Waals surface area contributed by atoms with E-state index in [0.29, 0.717) is 10.8 Å². The Morgan fingerprint density at radius 2 is 2.16 bits per heavy atom. The highest BCUT2D eigenvalue weighted by molar-refractivity contribution is 6.29. The summed E-state index contributed by atoms with van der Waals surface area (Å²) in [4.78, 5) is 12.9. The van der Waals surface area contributed by atoms with Crippen LogP contribution in [0.5, 0.6) is 0 Å². The van der Waals surface area contributed by atoms with E-state index in [-0.39, 0.29) is 6.04 Å². The van der Waals surface area contributed by atoms with Gasteiger partial charge in [0.2, 0.25) is 0 Å². The van der Waals surface area contributed by atoms with Crippen molar-refractivity contribution in [3.63, 3.8) is 0 Å². The van der Waals surface area contributed by atoms with Crippen LogP contribution in [0.2, 0.25) is 5.15 Å². The molecule has 0 aliphatic heterocycles. The molecule has 0 fully saturated rings. The molecule has 96 valence electrons. The lowest BCUT2D eigenvalue weighted by Crippen LogP contribution is -2.13. The van der Waals surface area contributed by atoms with E-state index in [9.17, 15) is 0 Å². The summed E-state index contributed by atoms with van der Waals surface area (Å²) in [5.41, 5.74) is 2.38. The van der Waals surface area contributed by atoms with Gasteiger partial charge in [0.15, 0.2) is 5.65 Å². The van der Waals surface area contributed by atoms with Gasteiger partial charge in [-0.1, -0.05) is 24.6 Å². The molecule has 0 bridgehead atoms. The van der Waals surface area contributed by atoms with Crippen molar-refractivity contribution in [1.29, 1.82) is 0 Å². The fourth-order valence-corrected chi connectivity index (χ4v) is 2.24. The lowest BCUT2D eigenvalue weighted by molar-refractivity contribution is 0.509. The Morgan fingerprint density at radius 3 is 2.89 bits per heavy atom. The van der Waals surface area contributed by atoms with Gasteiger partial charge < -0.3 is 0 Å². The second kappa shape index (κ2) is 4.93. The Kier molecular flexibility index (Phi) is 3.13. The molecule has 0 radical (unpaired) electrons. The number of halogens is 1. The van der Waals surface area contributed by atoms with Crippen LogP contribution in [-0.2, 0) is 0 Å². The molecule has 19 heavy (non-hydrogen) atoms. The topological polar surface area (TPSA) is 56.5 Å². The van der Waals surface area contributed by atoms with Crippen molar-refractivity contribution in [2.24, 2.45) is 0 Å². The van der Waals surface area contributed by atoms with Crippen LogP contribution in [0.15, 0.2) is 36.8 Å². The van der Waals surface area contributed by atoms with Crippen LogP contribution in [0.25, 0.3) is 11.2 Å². The quantitative estimate of drug-likeness (QED) is 0.736. The minimum absolute atomic E-state index is 0.0338. The van der Waals surface area contributed by atoms with E-state index in [1.165, 1.54) is 6.20 Å². The Morgan fingerprint density at radius 1 is 1.26 bits per heavy atom. The molecule has 6 heteroatoms. The van der Waals surface area contributed by atoms with Crippen LogP contribution >= 0.6 is 11.6 Å². The molecule has 1 atom stereocenters. The fourth-order valence-electron chi connectivity index (χ4n) is 2.11. The zero-order valence-corrected chi connectivity index (χ0v) is 11.1. The Bertz CT molecular complexity index is 695. The van der Waals surface area contributed by atoms with E-state index in [0.717, 1.165) is 17.6 Å². The van der Waals surface area contributed by atoms with E-state index in [1.807, 2.05) is 22.9 Å². The van der Waals surface area contributed by atoms with Crippen molar-refractivity contribution >= 4 is 22.8 Å². The molecule has 3 rings (SSSR count). The average molecular weight is 274 g/mol. The monoisotopic (exact) mass is 273 g/mol. The molecule has 0 N–H and O–H groups in total. The van der Waals surface area contributed by atoms with E-state index < -0.39 is 0 Å². The smallest absolute Gasteiger partial charge is 0.178 e. The average Bonchev–Trinajstić information content (AvgIpc) is 2.84. The molecule has 5 nitrogen and oxygen atoms in total. The molecule has 3 aromatic heterocycles. The summed E-state index contributed by atoms with van der Waals surface area (Å²) in [6.45, 7) is 2.09. The van der Waals surface area contributed by atoms with Crippen LogP contribution < -0.4 is 0 Å². The lowest BCUT2D eigenvalue weighted by Gasteiger charge is -2.15. The van der Waals surface area contributed by atoms with Crippen molar-refractivity contribution in [2.45, 2.75) is 19.4 Å². The summed E-state index contributed by atoms with van der Waals surface area (Å²) < 4.78 is 1.83. The molecule has 0 aliphatic carbocycles. The summed E-state index contributed by atoms with van der Waals surface area (Å²) in [7, 11) is 0. The van der Waals surface area contributed by atoms with Crippen molar-refractivity contribution in [3.8, 4) is 0 Å². The minimum Gasteiger partial charge on any atom is -0.259 e. The van der Waals surface area contributed by atoms with Gasteiger partial charge in [0, 0.05) is 6.20 Å². The van der Waals surface area contributed by atoms with Gasteiger partial charge in [-0.2, -0.15) is 5.10 Å². The van der Waals surface area contributed by atoms with Crippen LogP contribution in [0.1, 0.15) is 25.1 Å². The highest BCUT2D eigenvalue weighted by Gasteiger charge is 2.17. The third-order valence-electron chi connectivity index (χ3n) is 2.98. The van der Waals surface area contributed by atoms with Crippen molar-refractivity contribution < 1.29 is 0 Å². The molecule has 0 aliphatic rings. The normalized spacial score (nSPS) is 12.7. The third-order valence-corrected chi connectivity index (χ3v) is 3.17. The van der Waals surface area contributed by atoms with Gasteiger partial charge in [-0.05, 0) is 18.6 Å². The summed E-state index contributed by atoms with van der Waals surface area (Å²) in [5.74, 6) is 0. The van der Waals surface area contributed by atoms with Gasteiger partial charge in [0.1, 0.15) is 10.7 Å². The standard InChI is InChI=1S/C13H12ClN5/c1-2-11(9-5-3-4-6-15-9)19-13-10(7-17-19)16-8-12(14)18-13/h3-8,11H,2H2,1H3. The number of pyridine rings is 1. The Balaban J connectivity index is 2.14. The first-order valence-electron chi connectivity index (χ1n) is 6.06. The summed E-state index contributed by atoms with van der Waals surface area (Å²) in [5, 5.41) is 4.74. The number of aromatic nitrogens is 5. The minimum atomic E-state index is 0.0338. The molecular formula is C13H12ClN5. The molecule has 0 spiro atoms. The van der Waals surface area contributed by atoms with Gasteiger partial charge in [0.05, 0.1) is 24.1 Å². The van der Waals surface area contributed by atoms with Gasteiger partial charge >= 0.3 is 0 Å². The second-order valence-electron chi connectivity index (χ2n) is 4.17. The zero-order valence-electron chi connectivity index (χ0n) is 10.4. The third kappa shape index (κ3) is 2.17. The Hall–Kier alpha value is -2.01. The number of rotatable bonds is 3. The lowest BCUT2D eigenvalue weighted by atomic mass is 10.1. The predicted octanol–water partition coefficient (Wildman–Crippen LogP) is 2.87.